The van der Waals surface area contributed by atoms with Gasteiger partial charge in [0.15, 0.2) is 11.6 Å². The Bertz CT molecular complexity index is 895. The van der Waals surface area contributed by atoms with Crippen molar-refractivity contribution in [2.24, 2.45) is 11.3 Å². The van der Waals surface area contributed by atoms with Gasteiger partial charge in [-0.25, -0.2) is 17.6 Å². The second kappa shape index (κ2) is 7.22. The van der Waals surface area contributed by atoms with Gasteiger partial charge in [-0.1, -0.05) is 43.3 Å². The van der Waals surface area contributed by atoms with Gasteiger partial charge in [0.25, 0.3) is 5.92 Å². The standard InChI is InChI=1S/C22H22F4O2/c1-4-21(3,20(27)28-12-14-8-6-5-7-9-14)16-11-15-10-13(2)18(23)19(24)17(15)22(16,25)26/h5-10,16H,4,11-12H2,1-3H3/t16?,21-/m0/s1. The highest BCUT2D eigenvalue weighted by Gasteiger charge is 2.60. The average molecular weight is 394 g/mol. The number of aryl methyl sites for hydroxylation is 1. The summed E-state index contributed by atoms with van der Waals surface area (Å²) in [6.07, 6.45) is -0.136. The monoisotopic (exact) mass is 394 g/mol. The van der Waals surface area contributed by atoms with E-state index in [1.807, 2.05) is 6.07 Å². The number of carbonyl (C=O) groups is 1. The SMILES string of the molecule is CC[C@](C)(C(=O)OCc1ccccc1)C1Cc2cc(C)c(F)c(F)c2C1(F)F. The number of carbonyl (C=O) groups excluding carboxylic acids is 1. The van der Waals surface area contributed by atoms with E-state index in [2.05, 4.69) is 0 Å². The molecule has 0 amide bonds. The largest absolute Gasteiger partial charge is 0.460 e. The Labute approximate surface area is 161 Å². The molecule has 0 saturated heterocycles. The molecule has 1 aliphatic rings. The molecular formula is C22H22F4O2. The number of hydrogen-bond acceptors (Lipinski definition) is 2. The van der Waals surface area contributed by atoms with E-state index in [0.29, 0.717) is 0 Å². The number of ether oxygens (including phenoxy) is 1. The van der Waals surface area contributed by atoms with Crippen molar-refractivity contribution in [2.45, 2.75) is 46.1 Å². The number of hydrogen-bond donors (Lipinski definition) is 0. The summed E-state index contributed by atoms with van der Waals surface area (Å²) in [5.41, 5.74) is -1.73. The first-order valence-electron chi connectivity index (χ1n) is 9.19. The van der Waals surface area contributed by atoms with E-state index < -0.39 is 40.4 Å². The Morgan fingerprint density at radius 1 is 1.21 bits per heavy atom. The van der Waals surface area contributed by atoms with Crippen LogP contribution in [0.4, 0.5) is 17.6 Å². The van der Waals surface area contributed by atoms with Gasteiger partial charge in [-0.15, -0.1) is 0 Å². The van der Waals surface area contributed by atoms with Crippen LogP contribution in [0.5, 0.6) is 0 Å². The molecule has 6 heteroatoms. The lowest BCUT2D eigenvalue weighted by Crippen LogP contribution is -2.43. The van der Waals surface area contributed by atoms with E-state index in [1.165, 1.54) is 19.9 Å². The lowest BCUT2D eigenvalue weighted by Gasteiger charge is -2.35. The molecule has 0 spiro atoms. The van der Waals surface area contributed by atoms with Crippen molar-refractivity contribution in [1.29, 1.82) is 0 Å². The summed E-state index contributed by atoms with van der Waals surface area (Å²) < 4.78 is 63.9. The van der Waals surface area contributed by atoms with Gasteiger partial charge in [0.1, 0.15) is 6.61 Å². The molecule has 1 aliphatic carbocycles. The molecule has 0 heterocycles. The quantitative estimate of drug-likeness (QED) is 0.481. The van der Waals surface area contributed by atoms with Crippen LogP contribution < -0.4 is 0 Å². The zero-order chi connectivity index (χ0) is 20.7. The summed E-state index contributed by atoms with van der Waals surface area (Å²) >= 11 is 0. The van der Waals surface area contributed by atoms with Crippen molar-refractivity contribution in [2.75, 3.05) is 0 Å². The van der Waals surface area contributed by atoms with E-state index in [1.54, 1.807) is 31.2 Å². The Hall–Kier alpha value is -2.37. The van der Waals surface area contributed by atoms with Gasteiger partial charge in [0, 0.05) is 5.92 Å². The lowest BCUT2D eigenvalue weighted by molar-refractivity contribution is -0.174. The molecule has 0 fully saturated rings. The van der Waals surface area contributed by atoms with E-state index >= 15 is 8.78 Å². The third-order valence-electron chi connectivity index (χ3n) is 5.85. The first-order valence-corrected chi connectivity index (χ1v) is 9.19. The van der Waals surface area contributed by atoms with Crippen LogP contribution in [-0.4, -0.2) is 5.97 Å². The normalized spacial score (nSPS) is 19.8. The van der Waals surface area contributed by atoms with Gasteiger partial charge < -0.3 is 4.74 Å². The summed E-state index contributed by atoms with van der Waals surface area (Å²) in [4.78, 5) is 12.8. The van der Waals surface area contributed by atoms with Crippen LogP contribution in [0.3, 0.4) is 0 Å². The molecule has 2 atom stereocenters. The molecule has 0 bridgehead atoms. The average Bonchev–Trinajstić information content (AvgIpc) is 2.95. The van der Waals surface area contributed by atoms with Gasteiger partial charge in [-0.2, -0.15) is 0 Å². The van der Waals surface area contributed by atoms with Crippen LogP contribution in [0.25, 0.3) is 0 Å². The molecule has 0 radical (unpaired) electrons. The fourth-order valence-corrected chi connectivity index (χ4v) is 3.91. The Morgan fingerprint density at radius 2 is 1.86 bits per heavy atom. The van der Waals surface area contributed by atoms with Crippen LogP contribution >= 0.6 is 0 Å². The van der Waals surface area contributed by atoms with Crippen molar-refractivity contribution < 1.29 is 27.1 Å². The summed E-state index contributed by atoms with van der Waals surface area (Å²) in [6, 6.07) is 10.1. The van der Waals surface area contributed by atoms with Crippen LogP contribution in [0.1, 0.15) is 42.5 Å². The molecule has 3 rings (SSSR count). The molecule has 2 aromatic rings. The fraction of sp³-hybridized carbons (Fsp3) is 0.409. The maximum atomic E-state index is 15.2. The molecule has 0 saturated carbocycles. The van der Waals surface area contributed by atoms with E-state index in [0.717, 1.165) is 5.56 Å². The molecule has 1 unspecified atom stereocenters. The smallest absolute Gasteiger partial charge is 0.312 e. The minimum Gasteiger partial charge on any atom is -0.460 e. The van der Waals surface area contributed by atoms with Gasteiger partial charge in [-0.3, -0.25) is 4.79 Å². The third kappa shape index (κ3) is 3.19. The summed E-state index contributed by atoms with van der Waals surface area (Å²) in [5.74, 6) is -8.76. The highest BCUT2D eigenvalue weighted by atomic mass is 19.3. The van der Waals surface area contributed by atoms with Crippen LogP contribution in [-0.2, 0) is 28.5 Å². The third-order valence-corrected chi connectivity index (χ3v) is 5.85. The predicted molar refractivity (Wildman–Crippen MR) is 96.8 cm³/mol. The van der Waals surface area contributed by atoms with Gasteiger partial charge in [-0.05, 0) is 43.4 Å². The highest BCUT2D eigenvalue weighted by Crippen LogP contribution is 2.56. The molecule has 0 aromatic heterocycles. The highest BCUT2D eigenvalue weighted by molar-refractivity contribution is 5.77. The second-order valence-electron chi connectivity index (χ2n) is 7.57. The molecule has 0 aliphatic heterocycles. The summed E-state index contributed by atoms with van der Waals surface area (Å²) in [6.45, 7) is 4.32. The number of alkyl halides is 2. The predicted octanol–water partition coefficient (Wildman–Crippen LogP) is 5.70. The first-order chi connectivity index (χ1) is 13.1. The van der Waals surface area contributed by atoms with E-state index in [4.69, 9.17) is 4.74 Å². The van der Waals surface area contributed by atoms with E-state index in [9.17, 15) is 13.6 Å². The zero-order valence-electron chi connectivity index (χ0n) is 16.0. The Morgan fingerprint density at radius 3 is 2.46 bits per heavy atom. The zero-order valence-corrected chi connectivity index (χ0v) is 16.0. The van der Waals surface area contributed by atoms with Crippen molar-refractivity contribution in [3.05, 3.63) is 70.3 Å². The molecule has 150 valence electrons. The minimum absolute atomic E-state index is 0.0300. The molecular weight excluding hydrogens is 372 g/mol. The van der Waals surface area contributed by atoms with Gasteiger partial charge in [0.05, 0.1) is 11.0 Å². The van der Waals surface area contributed by atoms with Gasteiger partial charge in [0.2, 0.25) is 0 Å². The first kappa shape index (κ1) is 20.4. The maximum absolute atomic E-state index is 15.2. The molecule has 0 N–H and O–H groups in total. The van der Waals surface area contributed by atoms with E-state index in [-0.39, 0.29) is 30.6 Å². The number of rotatable bonds is 5. The van der Waals surface area contributed by atoms with Crippen LogP contribution in [0, 0.1) is 29.9 Å². The van der Waals surface area contributed by atoms with Crippen molar-refractivity contribution in [3.63, 3.8) is 0 Å². The molecule has 2 nitrogen and oxygen atoms in total. The number of esters is 1. The van der Waals surface area contributed by atoms with Crippen molar-refractivity contribution in [3.8, 4) is 0 Å². The van der Waals surface area contributed by atoms with Crippen molar-refractivity contribution >= 4 is 5.97 Å². The minimum atomic E-state index is -3.68. The van der Waals surface area contributed by atoms with Gasteiger partial charge >= 0.3 is 5.97 Å². The fourth-order valence-electron chi connectivity index (χ4n) is 3.91. The Balaban J connectivity index is 1.91. The molecule has 2 aromatic carbocycles. The topological polar surface area (TPSA) is 26.3 Å². The lowest BCUT2D eigenvalue weighted by atomic mass is 9.72. The number of benzene rings is 2. The summed E-state index contributed by atoms with van der Waals surface area (Å²) in [7, 11) is 0. The number of halogens is 4. The Kier molecular flexibility index (Phi) is 5.26. The summed E-state index contributed by atoms with van der Waals surface area (Å²) in [5, 5.41) is 0. The number of fused-ring (bicyclic) bond motifs is 1. The van der Waals surface area contributed by atoms with Crippen LogP contribution in [0.15, 0.2) is 36.4 Å². The molecule has 28 heavy (non-hydrogen) atoms. The van der Waals surface area contributed by atoms with Crippen LogP contribution in [0.2, 0.25) is 0 Å². The second-order valence-corrected chi connectivity index (χ2v) is 7.57. The van der Waals surface area contributed by atoms with Crippen molar-refractivity contribution in [1.82, 2.24) is 0 Å². The maximum Gasteiger partial charge on any atom is 0.312 e.